The Morgan fingerprint density at radius 1 is 1.41 bits per heavy atom. The molecule has 1 N–H and O–H groups in total. The van der Waals surface area contributed by atoms with Crippen molar-refractivity contribution in [1.82, 2.24) is 4.98 Å². The van der Waals surface area contributed by atoms with E-state index in [1.807, 2.05) is 6.07 Å². The number of halogens is 1. The third-order valence-electron chi connectivity index (χ3n) is 5.19. The number of carbonyl (C=O) groups is 2. The standard InChI is InChI=1S/C21H15IN4O5S/c1-3-29-20(27)18-14-13-16(11(7-23)9(2)24-19(13)32-18)26(21(28)25-14)15-10(6-22)4-5-12-17(15)31-8-30-12/h4-5H,3,6,8H2,1-2H3,(H,25,28). The number of rotatable bonds is 4. The Balaban J connectivity index is 1.87. The number of aromatic nitrogens is 1. The van der Waals surface area contributed by atoms with Crippen LogP contribution in [-0.4, -0.2) is 30.4 Å². The summed E-state index contributed by atoms with van der Waals surface area (Å²) in [6.45, 7) is 3.65. The highest BCUT2D eigenvalue weighted by Gasteiger charge is 2.39. The molecule has 0 radical (unpaired) electrons. The van der Waals surface area contributed by atoms with Gasteiger partial charge in [-0.05, 0) is 25.5 Å². The van der Waals surface area contributed by atoms with Gasteiger partial charge in [-0.3, -0.25) is 4.90 Å². The highest BCUT2D eigenvalue weighted by molar-refractivity contribution is 14.1. The van der Waals surface area contributed by atoms with Crippen molar-refractivity contribution >= 4 is 73.2 Å². The lowest BCUT2D eigenvalue weighted by Crippen LogP contribution is -2.35. The first-order valence-electron chi connectivity index (χ1n) is 9.63. The number of pyridine rings is 1. The van der Waals surface area contributed by atoms with Crippen molar-refractivity contribution < 1.29 is 23.8 Å². The molecule has 2 aliphatic heterocycles. The fourth-order valence-electron chi connectivity index (χ4n) is 3.87. The Kier molecular flexibility index (Phi) is 5.06. The number of nitriles is 1. The summed E-state index contributed by atoms with van der Waals surface area (Å²) in [4.78, 5) is 32.8. The molecule has 4 heterocycles. The van der Waals surface area contributed by atoms with Crippen molar-refractivity contribution in [3.8, 4) is 17.6 Å². The van der Waals surface area contributed by atoms with E-state index in [0.29, 0.717) is 48.9 Å². The Labute approximate surface area is 200 Å². The number of benzene rings is 1. The topological polar surface area (TPSA) is 114 Å². The molecule has 0 saturated carbocycles. The van der Waals surface area contributed by atoms with Crippen LogP contribution in [0.1, 0.15) is 33.4 Å². The summed E-state index contributed by atoms with van der Waals surface area (Å²) >= 11 is 3.33. The molecule has 0 aliphatic carbocycles. The van der Waals surface area contributed by atoms with E-state index >= 15 is 0 Å². The summed E-state index contributed by atoms with van der Waals surface area (Å²) in [6, 6.07) is 5.34. The highest BCUT2D eigenvalue weighted by Crippen LogP contribution is 2.53. The average molecular weight is 562 g/mol. The molecule has 0 bridgehead atoms. The van der Waals surface area contributed by atoms with E-state index in [1.54, 1.807) is 19.9 Å². The fourth-order valence-corrected chi connectivity index (χ4v) is 5.56. The first-order chi connectivity index (χ1) is 15.5. The van der Waals surface area contributed by atoms with Crippen molar-refractivity contribution in [2.75, 3.05) is 23.6 Å². The van der Waals surface area contributed by atoms with E-state index in [-0.39, 0.29) is 23.8 Å². The minimum Gasteiger partial charge on any atom is -0.462 e. The van der Waals surface area contributed by atoms with Gasteiger partial charge >= 0.3 is 12.0 Å². The zero-order valence-electron chi connectivity index (χ0n) is 16.9. The molecule has 162 valence electrons. The van der Waals surface area contributed by atoms with Gasteiger partial charge in [0.1, 0.15) is 21.5 Å². The summed E-state index contributed by atoms with van der Waals surface area (Å²) in [7, 11) is 0. The molecule has 2 amide bonds. The second-order valence-electron chi connectivity index (χ2n) is 6.95. The number of thiophene rings is 1. The van der Waals surface area contributed by atoms with Crippen molar-refractivity contribution in [3.63, 3.8) is 0 Å². The van der Waals surface area contributed by atoms with E-state index in [4.69, 9.17) is 14.2 Å². The van der Waals surface area contributed by atoms with Gasteiger partial charge in [-0.25, -0.2) is 14.6 Å². The molecular formula is C21H15IN4O5S. The average Bonchev–Trinajstić information content (AvgIpc) is 3.39. The maximum atomic E-state index is 13.5. The molecule has 0 atom stereocenters. The second-order valence-corrected chi connectivity index (χ2v) is 8.71. The van der Waals surface area contributed by atoms with Crippen LogP contribution in [0.15, 0.2) is 12.1 Å². The summed E-state index contributed by atoms with van der Waals surface area (Å²) < 4.78 is 17.0. The number of hydrogen-bond acceptors (Lipinski definition) is 8. The Hall–Kier alpha value is -3.11. The molecule has 0 saturated heterocycles. The van der Waals surface area contributed by atoms with Crippen LogP contribution in [0.3, 0.4) is 0 Å². The number of ether oxygens (including phenoxy) is 3. The monoisotopic (exact) mass is 562 g/mol. The number of esters is 1. The Morgan fingerprint density at radius 2 is 2.22 bits per heavy atom. The Morgan fingerprint density at radius 3 is 2.94 bits per heavy atom. The van der Waals surface area contributed by atoms with E-state index in [1.165, 1.54) is 4.90 Å². The summed E-state index contributed by atoms with van der Waals surface area (Å²) in [5.41, 5.74) is 2.72. The smallest absolute Gasteiger partial charge is 0.350 e. The van der Waals surface area contributed by atoms with Crippen LogP contribution in [0.2, 0.25) is 0 Å². The van der Waals surface area contributed by atoms with Gasteiger partial charge in [-0.15, -0.1) is 11.3 Å². The third kappa shape index (κ3) is 2.90. The number of nitrogens with one attached hydrogen (secondary N) is 1. The van der Waals surface area contributed by atoms with E-state index < -0.39 is 12.0 Å². The van der Waals surface area contributed by atoms with E-state index in [9.17, 15) is 14.9 Å². The predicted molar refractivity (Wildman–Crippen MR) is 126 cm³/mol. The second kappa shape index (κ2) is 7.79. The molecule has 1 aromatic carbocycles. The number of amides is 2. The molecule has 0 spiro atoms. The van der Waals surface area contributed by atoms with Gasteiger partial charge in [0.2, 0.25) is 6.79 Å². The number of aryl methyl sites for hydroxylation is 1. The number of carbonyl (C=O) groups excluding carboxylic acids is 2. The summed E-state index contributed by atoms with van der Waals surface area (Å²) in [5, 5.41) is 13.3. The van der Waals surface area contributed by atoms with Crippen LogP contribution in [0, 0.1) is 18.3 Å². The van der Waals surface area contributed by atoms with Crippen molar-refractivity contribution in [2.24, 2.45) is 0 Å². The van der Waals surface area contributed by atoms with Crippen LogP contribution in [0.4, 0.5) is 21.9 Å². The van der Waals surface area contributed by atoms with Crippen LogP contribution >= 0.6 is 33.9 Å². The van der Waals surface area contributed by atoms with Gasteiger partial charge in [0.25, 0.3) is 0 Å². The van der Waals surface area contributed by atoms with Crippen LogP contribution in [0.5, 0.6) is 11.5 Å². The van der Waals surface area contributed by atoms with Gasteiger partial charge < -0.3 is 19.5 Å². The van der Waals surface area contributed by atoms with Gasteiger partial charge in [0.05, 0.1) is 34.6 Å². The van der Waals surface area contributed by atoms with Crippen LogP contribution < -0.4 is 19.7 Å². The number of anilines is 3. The quantitative estimate of drug-likeness (QED) is 0.271. The van der Waals surface area contributed by atoms with Crippen LogP contribution in [0.25, 0.3) is 10.2 Å². The van der Waals surface area contributed by atoms with Crippen molar-refractivity contribution in [1.29, 1.82) is 5.26 Å². The van der Waals surface area contributed by atoms with Crippen molar-refractivity contribution in [3.05, 3.63) is 33.8 Å². The molecular weight excluding hydrogens is 547 g/mol. The molecule has 32 heavy (non-hydrogen) atoms. The number of fused-ring (bicyclic) bond motifs is 1. The van der Waals surface area contributed by atoms with Crippen molar-refractivity contribution in [2.45, 2.75) is 18.3 Å². The molecule has 0 fully saturated rings. The molecule has 2 aliphatic rings. The lowest BCUT2D eigenvalue weighted by molar-refractivity contribution is 0.0533. The molecule has 11 heteroatoms. The zero-order chi connectivity index (χ0) is 22.6. The highest BCUT2D eigenvalue weighted by atomic mass is 127. The number of nitrogens with zero attached hydrogens (tertiary/aromatic N) is 3. The summed E-state index contributed by atoms with van der Waals surface area (Å²) in [5.74, 6) is 0.405. The Bertz CT molecular complexity index is 1360. The number of urea groups is 1. The molecule has 5 rings (SSSR count). The SMILES string of the molecule is CCOC(=O)c1sc2nc(C)c(C#N)c3c2c1NC(=O)N3c1c(CI)ccc2c1OCO2. The van der Waals surface area contributed by atoms with E-state index in [2.05, 4.69) is 39.0 Å². The normalized spacial score (nSPS) is 13.8. The molecule has 2 aromatic heterocycles. The molecule has 3 aromatic rings. The van der Waals surface area contributed by atoms with E-state index in [0.717, 1.165) is 16.9 Å². The van der Waals surface area contributed by atoms with Gasteiger partial charge in [-0.1, -0.05) is 28.7 Å². The number of hydrogen-bond donors (Lipinski definition) is 1. The minimum atomic E-state index is -0.549. The van der Waals surface area contributed by atoms with Gasteiger partial charge in [0, 0.05) is 4.43 Å². The summed E-state index contributed by atoms with van der Waals surface area (Å²) in [6.07, 6.45) is 0. The first-order valence-corrected chi connectivity index (χ1v) is 12.0. The zero-order valence-corrected chi connectivity index (χ0v) is 19.9. The predicted octanol–water partition coefficient (Wildman–Crippen LogP) is 5.00. The first kappa shape index (κ1) is 20.8. The number of alkyl halides is 1. The van der Waals surface area contributed by atoms with Gasteiger partial charge in [-0.2, -0.15) is 5.26 Å². The van der Waals surface area contributed by atoms with Crippen LogP contribution in [-0.2, 0) is 9.16 Å². The minimum absolute atomic E-state index is 0.0368. The lowest BCUT2D eigenvalue weighted by Gasteiger charge is -2.31. The largest absolute Gasteiger partial charge is 0.462 e. The van der Waals surface area contributed by atoms with Gasteiger partial charge in [0.15, 0.2) is 11.5 Å². The third-order valence-corrected chi connectivity index (χ3v) is 7.08. The maximum absolute atomic E-state index is 13.5. The molecule has 9 nitrogen and oxygen atoms in total. The lowest BCUT2D eigenvalue weighted by atomic mass is 10.0. The molecule has 0 unspecified atom stereocenters. The fraction of sp³-hybridized carbons (Fsp3) is 0.238. The maximum Gasteiger partial charge on any atom is 0.350 e.